The highest BCUT2D eigenvalue weighted by molar-refractivity contribution is 5.56. The van der Waals surface area contributed by atoms with Gasteiger partial charge in [-0.15, -0.1) is 0 Å². The van der Waals surface area contributed by atoms with Crippen molar-refractivity contribution in [2.45, 2.75) is 32.6 Å². The molecular formula is C22H19F4N3O. The van der Waals surface area contributed by atoms with Crippen molar-refractivity contribution >= 4 is 0 Å². The Hall–Kier alpha value is -3.00. The van der Waals surface area contributed by atoms with Crippen LogP contribution in [0.4, 0.5) is 17.6 Å². The van der Waals surface area contributed by atoms with Gasteiger partial charge < -0.3 is 4.98 Å². The standard InChI is InChI=1S/C22H19F4N3O/c1-13-2-3-14(10-18(13)23)11-29-9-8-17-19(12-29)27-20(28-21(17)30)15-4-6-16(7-5-15)22(24,25)26/h2-7,10H,8-9,11-12H2,1H3,(H,27,28,30). The molecule has 2 aromatic carbocycles. The van der Waals surface area contributed by atoms with Crippen LogP contribution in [-0.4, -0.2) is 21.4 Å². The molecule has 4 nitrogen and oxygen atoms in total. The number of nitrogens with one attached hydrogen (secondary N) is 1. The molecule has 1 aliphatic heterocycles. The third-order valence-corrected chi connectivity index (χ3v) is 5.28. The summed E-state index contributed by atoms with van der Waals surface area (Å²) in [4.78, 5) is 21.7. The molecule has 1 N–H and O–H groups in total. The van der Waals surface area contributed by atoms with Crippen molar-refractivity contribution in [1.29, 1.82) is 0 Å². The van der Waals surface area contributed by atoms with Crippen LogP contribution in [0.2, 0.25) is 0 Å². The van der Waals surface area contributed by atoms with E-state index >= 15 is 0 Å². The number of halogens is 4. The van der Waals surface area contributed by atoms with E-state index in [1.54, 1.807) is 13.0 Å². The number of hydrogen-bond donors (Lipinski definition) is 1. The van der Waals surface area contributed by atoms with Crippen LogP contribution in [0, 0.1) is 12.7 Å². The molecule has 3 aromatic rings. The van der Waals surface area contributed by atoms with Gasteiger partial charge in [-0.25, -0.2) is 9.37 Å². The Kier molecular flexibility index (Phi) is 5.19. The zero-order chi connectivity index (χ0) is 21.5. The van der Waals surface area contributed by atoms with Crippen LogP contribution in [0.15, 0.2) is 47.3 Å². The molecule has 8 heteroatoms. The van der Waals surface area contributed by atoms with Crippen molar-refractivity contribution in [3.8, 4) is 11.4 Å². The maximum Gasteiger partial charge on any atom is 0.416 e. The highest BCUT2D eigenvalue weighted by atomic mass is 19.4. The van der Waals surface area contributed by atoms with Crippen molar-refractivity contribution in [2.75, 3.05) is 6.54 Å². The second kappa shape index (κ2) is 7.68. The van der Waals surface area contributed by atoms with E-state index in [-0.39, 0.29) is 17.2 Å². The van der Waals surface area contributed by atoms with Gasteiger partial charge in [-0.1, -0.05) is 24.3 Å². The second-order valence-corrected chi connectivity index (χ2v) is 7.46. The van der Waals surface area contributed by atoms with Gasteiger partial charge in [-0.2, -0.15) is 13.2 Å². The van der Waals surface area contributed by atoms with Crippen molar-refractivity contribution in [3.63, 3.8) is 0 Å². The van der Waals surface area contributed by atoms with Gasteiger partial charge in [0.15, 0.2) is 0 Å². The van der Waals surface area contributed by atoms with E-state index in [4.69, 9.17) is 0 Å². The molecule has 0 atom stereocenters. The van der Waals surface area contributed by atoms with Gasteiger partial charge in [-0.05, 0) is 42.7 Å². The average molecular weight is 417 g/mol. The van der Waals surface area contributed by atoms with Crippen molar-refractivity contribution in [3.05, 3.63) is 86.6 Å². The summed E-state index contributed by atoms with van der Waals surface area (Å²) < 4.78 is 52.2. The Labute approximate surface area is 170 Å². The van der Waals surface area contributed by atoms with Crippen LogP contribution in [0.1, 0.15) is 27.9 Å². The van der Waals surface area contributed by atoms with Gasteiger partial charge in [-0.3, -0.25) is 9.69 Å². The Balaban J connectivity index is 1.58. The van der Waals surface area contributed by atoms with E-state index in [0.717, 1.165) is 17.7 Å². The number of aryl methyl sites for hydroxylation is 1. The number of fused-ring (bicyclic) bond motifs is 1. The predicted molar refractivity (Wildman–Crippen MR) is 104 cm³/mol. The first-order valence-electron chi connectivity index (χ1n) is 9.48. The minimum Gasteiger partial charge on any atom is -0.306 e. The first-order valence-corrected chi connectivity index (χ1v) is 9.48. The molecule has 0 saturated carbocycles. The Bertz CT molecular complexity index is 1140. The van der Waals surface area contributed by atoms with Crippen LogP contribution >= 0.6 is 0 Å². The number of rotatable bonds is 3. The van der Waals surface area contributed by atoms with Gasteiger partial charge in [0.1, 0.15) is 11.6 Å². The first kappa shape index (κ1) is 20.3. The van der Waals surface area contributed by atoms with E-state index in [0.29, 0.717) is 48.4 Å². The molecule has 4 rings (SSSR count). The lowest BCUT2D eigenvalue weighted by Crippen LogP contribution is -2.35. The van der Waals surface area contributed by atoms with Crippen LogP contribution in [0.3, 0.4) is 0 Å². The van der Waals surface area contributed by atoms with Crippen LogP contribution in [0.5, 0.6) is 0 Å². The van der Waals surface area contributed by atoms with Crippen LogP contribution < -0.4 is 5.56 Å². The molecule has 30 heavy (non-hydrogen) atoms. The summed E-state index contributed by atoms with van der Waals surface area (Å²) >= 11 is 0. The van der Waals surface area contributed by atoms with Crippen molar-refractivity contribution in [2.24, 2.45) is 0 Å². The van der Waals surface area contributed by atoms with E-state index in [2.05, 4.69) is 14.9 Å². The number of benzene rings is 2. The van der Waals surface area contributed by atoms with E-state index in [1.807, 2.05) is 6.07 Å². The molecule has 156 valence electrons. The third kappa shape index (κ3) is 4.14. The number of alkyl halides is 3. The smallest absolute Gasteiger partial charge is 0.306 e. The van der Waals surface area contributed by atoms with E-state index < -0.39 is 11.7 Å². The highest BCUT2D eigenvalue weighted by Crippen LogP contribution is 2.30. The second-order valence-electron chi connectivity index (χ2n) is 7.46. The molecule has 0 bridgehead atoms. The number of H-pyrrole nitrogens is 1. The number of hydrogen-bond acceptors (Lipinski definition) is 3. The third-order valence-electron chi connectivity index (χ3n) is 5.28. The molecule has 0 spiro atoms. The fraction of sp³-hybridized carbons (Fsp3) is 0.273. The molecule has 0 radical (unpaired) electrons. The molecule has 0 amide bonds. The summed E-state index contributed by atoms with van der Waals surface area (Å²) in [6.07, 6.45) is -3.93. The monoisotopic (exact) mass is 417 g/mol. The fourth-order valence-corrected chi connectivity index (χ4v) is 3.58. The van der Waals surface area contributed by atoms with Gasteiger partial charge >= 0.3 is 6.18 Å². The topological polar surface area (TPSA) is 49.0 Å². The fourth-order valence-electron chi connectivity index (χ4n) is 3.58. The highest BCUT2D eigenvalue weighted by Gasteiger charge is 2.30. The minimum atomic E-state index is -4.43. The molecular weight excluding hydrogens is 398 g/mol. The van der Waals surface area contributed by atoms with Gasteiger partial charge in [0.25, 0.3) is 5.56 Å². The van der Waals surface area contributed by atoms with Gasteiger partial charge in [0.2, 0.25) is 0 Å². The summed E-state index contributed by atoms with van der Waals surface area (Å²) in [5, 5.41) is 0. The zero-order valence-electron chi connectivity index (χ0n) is 16.2. The lowest BCUT2D eigenvalue weighted by atomic mass is 10.0. The van der Waals surface area contributed by atoms with E-state index in [1.165, 1.54) is 18.2 Å². The summed E-state index contributed by atoms with van der Waals surface area (Å²) in [7, 11) is 0. The lowest BCUT2D eigenvalue weighted by molar-refractivity contribution is -0.137. The van der Waals surface area contributed by atoms with Crippen molar-refractivity contribution < 1.29 is 17.6 Å². The molecule has 0 fully saturated rings. The van der Waals surface area contributed by atoms with Gasteiger partial charge in [0.05, 0.1) is 11.3 Å². The Morgan fingerprint density at radius 1 is 1.13 bits per heavy atom. The molecule has 0 unspecified atom stereocenters. The number of nitrogens with zero attached hydrogens (tertiary/aromatic N) is 2. The van der Waals surface area contributed by atoms with Gasteiger partial charge in [0, 0.05) is 30.8 Å². The summed E-state index contributed by atoms with van der Waals surface area (Å²) in [6, 6.07) is 9.62. The summed E-state index contributed by atoms with van der Waals surface area (Å²) in [5.41, 5.74) is 1.94. The number of aromatic nitrogens is 2. The maximum atomic E-state index is 13.8. The summed E-state index contributed by atoms with van der Waals surface area (Å²) in [6.45, 7) is 3.26. The maximum absolute atomic E-state index is 13.8. The largest absolute Gasteiger partial charge is 0.416 e. The zero-order valence-corrected chi connectivity index (χ0v) is 16.2. The molecule has 0 aliphatic carbocycles. The number of aromatic amines is 1. The Morgan fingerprint density at radius 3 is 2.53 bits per heavy atom. The predicted octanol–water partition coefficient (Wildman–Crippen LogP) is 4.46. The van der Waals surface area contributed by atoms with Crippen molar-refractivity contribution in [1.82, 2.24) is 14.9 Å². The normalized spacial score (nSPS) is 14.6. The molecule has 1 aliphatic rings. The summed E-state index contributed by atoms with van der Waals surface area (Å²) in [5.74, 6) is -0.0280. The SMILES string of the molecule is Cc1ccc(CN2CCc3c(nc(-c4ccc(C(F)(F)F)cc4)[nH]c3=O)C2)cc1F. The lowest BCUT2D eigenvalue weighted by Gasteiger charge is -2.27. The first-order chi connectivity index (χ1) is 14.2. The Morgan fingerprint density at radius 2 is 1.87 bits per heavy atom. The molecule has 1 aromatic heterocycles. The average Bonchev–Trinajstić information content (AvgIpc) is 2.70. The molecule has 0 saturated heterocycles. The minimum absolute atomic E-state index is 0.232. The molecule has 2 heterocycles. The van der Waals surface area contributed by atoms with E-state index in [9.17, 15) is 22.4 Å². The van der Waals surface area contributed by atoms with Crippen LogP contribution in [0.25, 0.3) is 11.4 Å². The van der Waals surface area contributed by atoms with Crippen LogP contribution in [-0.2, 0) is 25.7 Å². The quantitative estimate of drug-likeness (QED) is 0.640.